The molecule has 0 saturated carbocycles. The van der Waals surface area contributed by atoms with Gasteiger partial charge in [-0.15, -0.1) is 11.3 Å². The zero-order valence-electron chi connectivity index (χ0n) is 31.3. The molecule has 1 aliphatic carbocycles. The molecule has 3 nitrogen and oxygen atoms in total. The Balaban J connectivity index is 1.06. The third kappa shape index (κ3) is 5.03. The van der Waals surface area contributed by atoms with Gasteiger partial charge in [0.2, 0.25) is 0 Å². The Morgan fingerprint density at radius 1 is 0.466 bits per heavy atom. The Bertz CT molecular complexity index is 3180. The molecule has 272 valence electrons. The highest BCUT2D eigenvalue weighted by Crippen LogP contribution is 2.62. The van der Waals surface area contributed by atoms with Gasteiger partial charge in [-0.2, -0.15) is 0 Å². The van der Waals surface area contributed by atoms with Crippen LogP contribution in [0.3, 0.4) is 0 Å². The van der Waals surface area contributed by atoms with Crippen molar-refractivity contribution in [2.45, 2.75) is 21.6 Å². The van der Waals surface area contributed by atoms with Crippen molar-refractivity contribution in [1.82, 2.24) is 4.98 Å². The number of hydrogen-bond acceptors (Lipinski definition) is 5. The Hall–Kier alpha value is -6.66. The minimum absolute atomic E-state index is 0.422. The van der Waals surface area contributed by atoms with E-state index in [1.165, 1.54) is 64.4 Å². The van der Waals surface area contributed by atoms with Crippen molar-refractivity contribution >= 4 is 60.5 Å². The zero-order valence-corrected chi connectivity index (χ0v) is 32.9. The molecule has 9 aromatic rings. The van der Waals surface area contributed by atoms with Crippen molar-refractivity contribution in [3.63, 3.8) is 0 Å². The van der Waals surface area contributed by atoms with Crippen LogP contribution in [0.15, 0.2) is 208 Å². The first kappa shape index (κ1) is 33.5. The summed E-state index contributed by atoms with van der Waals surface area (Å²) < 4.78 is 2.33. The third-order valence-corrected chi connectivity index (χ3v) is 14.2. The number of aromatic nitrogens is 1. The van der Waals surface area contributed by atoms with Gasteiger partial charge in [-0.05, 0) is 86.0 Å². The lowest BCUT2D eigenvalue weighted by Crippen LogP contribution is -2.31. The highest BCUT2D eigenvalue weighted by molar-refractivity contribution is 7.99. The smallest absolute Gasteiger partial charge is 0.162 e. The number of thiophene rings is 1. The van der Waals surface area contributed by atoms with Crippen LogP contribution in [0.4, 0.5) is 0 Å². The maximum atomic E-state index is 5.33. The SMILES string of the molecule is C1=C(c2ccccc2)N=C(c2cncc3sc4ccc(-c5ccc6c(c5)C5(c7ccccc7Sc7ccccc75)c5ccccc5-6)cc4c23)N=C(c2ccccc2)C1. The number of allylic oxidation sites excluding steroid dienone is 1. The summed E-state index contributed by atoms with van der Waals surface area (Å²) >= 11 is 3.66. The lowest BCUT2D eigenvalue weighted by Gasteiger charge is -2.39. The summed E-state index contributed by atoms with van der Waals surface area (Å²) in [4.78, 5) is 18.0. The van der Waals surface area contributed by atoms with E-state index in [2.05, 4.69) is 164 Å². The summed E-state index contributed by atoms with van der Waals surface area (Å²) in [6.07, 6.45) is 6.82. The average molecular weight is 776 g/mol. The topological polar surface area (TPSA) is 37.6 Å². The van der Waals surface area contributed by atoms with Crippen LogP contribution in [-0.2, 0) is 5.41 Å². The number of rotatable bonds is 4. The second-order valence-corrected chi connectivity index (χ2v) is 17.2. The van der Waals surface area contributed by atoms with Gasteiger partial charge in [0, 0.05) is 49.6 Å². The second-order valence-electron chi connectivity index (χ2n) is 15.0. The standard InChI is InChI=1S/C53H33N3S2/c1-3-13-33(14-4-1)45-26-27-46(34-15-5-2-6-16-34)56-52(55-45)40-31-54-32-50-51(40)39-29-35(24-28-47(39)57-50)36-23-25-38-37-17-7-8-18-41(37)53(44(38)30-36)42-19-9-11-21-48(42)58-49-22-12-10-20-43(49)53/h1-26,28-32H,27H2. The normalized spacial score (nSPS) is 14.9. The monoisotopic (exact) mass is 775 g/mol. The van der Waals surface area contributed by atoms with Crippen molar-refractivity contribution < 1.29 is 0 Å². The van der Waals surface area contributed by atoms with Crippen LogP contribution in [0.2, 0.25) is 0 Å². The Kier molecular flexibility index (Phi) is 7.62. The van der Waals surface area contributed by atoms with Crippen LogP contribution in [0, 0.1) is 0 Å². The van der Waals surface area contributed by atoms with E-state index in [0.717, 1.165) is 38.2 Å². The Morgan fingerprint density at radius 2 is 1.10 bits per heavy atom. The molecule has 0 bridgehead atoms. The van der Waals surface area contributed by atoms with Gasteiger partial charge < -0.3 is 0 Å². The first-order valence-corrected chi connectivity index (χ1v) is 21.3. The van der Waals surface area contributed by atoms with Crippen LogP contribution in [-0.4, -0.2) is 16.5 Å². The van der Waals surface area contributed by atoms with Gasteiger partial charge in [-0.25, -0.2) is 9.98 Å². The van der Waals surface area contributed by atoms with E-state index in [1.54, 1.807) is 11.3 Å². The van der Waals surface area contributed by atoms with Crippen molar-refractivity contribution in [1.29, 1.82) is 0 Å². The van der Waals surface area contributed by atoms with Crippen LogP contribution >= 0.6 is 23.1 Å². The molecule has 12 rings (SSSR count). The number of hydrogen-bond donors (Lipinski definition) is 0. The number of fused-ring (bicyclic) bond motifs is 12. The molecule has 0 saturated heterocycles. The average Bonchev–Trinajstić information content (AvgIpc) is 3.70. The number of nitrogens with zero attached hydrogens (tertiary/aromatic N) is 3. The summed E-state index contributed by atoms with van der Waals surface area (Å²) in [6, 6.07) is 62.0. The molecule has 4 heterocycles. The number of benzene rings is 7. The van der Waals surface area contributed by atoms with Crippen LogP contribution in [0.1, 0.15) is 45.4 Å². The van der Waals surface area contributed by atoms with E-state index in [4.69, 9.17) is 15.0 Å². The lowest BCUT2D eigenvalue weighted by atomic mass is 9.67. The fourth-order valence-electron chi connectivity index (χ4n) is 9.39. The largest absolute Gasteiger partial charge is 0.262 e. The third-order valence-electron chi connectivity index (χ3n) is 11.9. The van der Waals surface area contributed by atoms with Gasteiger partial charge in [0.15, 0.2) is 5.84 Å². The summed E-state index contributed by atoms with van der Waals surface area (Å²) in [5, 5.41) is 2.32. The van der Waals surface area contributed by atoms with Crippen molar-refractivity contribution in [2.75, 3.05) is 0 Å². The maximum Gasteiger partial charge on any atom is 0.162 e. The predicted molar refractivity (Wildman–Crippen MR) is 243 cm³/mol. The van der Waals surface area contributed by atoms with Crippen LogP contribution < -0.4 is 0 Å². The predicted octanol–water partition coefficient (Wildman–Crippen LogP) is 13.6. The molecule has 0 amide bonds. The first-order valence-electron chi connectivity index (χ1n) is 19.6. The highest BCUT2D eigenvalue weighted by atomic mass is 32.2. The zero-order chi connectivity index (χ0) is 38.2. The van der Waals surface area contributed by atoms with Gasteiger partial charge in [-0.1, -0.05) is 157 Å². The lowest BCUT2D eigenvalue weighted by molar-refractivity contribution is 0.722. The number of aliphatic imine (C=N–C) groups is 2. The molecule has 0 unspecified atom stereocenters. The van der Waals surface area contributed by atoms with E-state index in [1.807, 2.05) is 36.3 Å². The van der Waals surface area contributed by atoms with Crippen LogP contribution in [0.25, 0.3) is 48.1 Å². The van der Waals surface area contributed by atoms with Crippen molar-refractivity contribution in [3.8, 4) is 22.3 Å². The molecule has 3 aliphatic rings. The minimum Gasteiger partial charge on any atom is -0.262 e. The van der Waals surface area contributed by atoms with Gasteiger partial charge >= 0.3 is 0 Å². The summed E-state index contributed by atoms with van der Waals surface area (Å²) in [6.45, 7) is 0. The molecule has 0 N–H and O–H groups in total. The fraction of sp³-hybridized carbons (Fsp3) is 0.0377. The molecule has 2 aliphatic heterocycles. The molecule has 1 spiro atoms. The van der Waals surface area contributed by atoms with Gasteiger partial charge in [0.25, 0.3) is 0 Å². The highest BCUT2D eigenvalue weighted by Gasteiger charge is 2.50. The maximum absolute atomic E-state index is 5.33. The van der Waals surface area contributed by atoms with E-state index in [9.17, 15) is 0 Å². The van der Waals surface area contributed by atoms with Gasteiger partial charge in [-0.3, -0.25) is 4.98 Å². The van der Waals surface area contributed by atoms with Crippen molar-refractivity contribution in [2.24, 2.45) is 9.98 Å². The second kappa shape index (κ2) is 13.2. The minimum atomic E-state index is -0.422. The number of amidine groups is 1. The van der Waals surface area contributed by atoms with E-state index in [-0.39, 0.29) is 0 Å². The molecular formula is C53H33N3S2. The fourth-order valence-corrected chi connectivity index (χ4v) is 11.7. The summed E-state index contributed by atoms with van der Waals surface area (Å²) in [7, 11) is 0. The van der Waals surface area contributed by atoms with E-state index >= 15 is 0 Å². The molecule has 7 aromatic carbocycles. The summed E-state index contributed by atoms with van der Waals surface area (Å²) in [5.74, 6) is 0.680. The van der Waals surface area contributed by atoms with Gasteiger partial charge in [0.05, 0.1) is 21.5 Å². The Labute approximate surface area is 344 Å². The molecule has 0 fully saturated rings. The van der Waals surface area contributed by atoms with Crippen LogP contribution in [0.5, 0.6) is 0 Å². The first-order chi connectivity index (χ1) is 28.7. The molecule has 2 aromatic heterocycles. The van der Waals surface area contributed by atoms with E-state index < -0.39 is 5.41 Å². The van der Waals surface area contributed by atoms with Crippen molar-refractivity contribution in [3.05, 3.63) is 227 Å². The molecule has 0 radical (unpaired) electrons. The van der Waals surface area contributed by atoms with E-state index in [0.29, 0.717) is 12.3 Å². The van der Waals surface area contributed by atoms with Gasteiger partial charge in [0.1, 0.15) is 0 Å². The Morgan fingerprint density at radius 3 is 1.88 bits per heavy atom. The quantitative estimate of drug-likeness (QED) is 0.179. The molecule has 0 atom stereocenters. The molecular weight excluding hydrogens is 743 g/mol. The molecule has 5 heteroatoms. The number of pyridine rings is 1. The summed E-state index contributed by atoms with van der Waals surface area (Å²) in [5.41, 5.74) is 14.9. The molecule has 58 heavy (non-hydrogen) atoms.